The number of carbonyl (C=O) groups excluding carboxylic acids is 2. The molecule has 0 bridgehead atoms. The predicted molar refractivity (Wildman–Crippen MR) is 77.7 cm³/mol. The number of methoxy groups -OCH3 is 1. The quantitative estimate of drug-likeness (QED) is 0.876. The topological polar surface area (TPSA) is 68.3 Å². The first-order valence-electron chi connectivity index (χ1n) is 5.72. The highest BCUT2D eigenvalue weighted by Crippen LogP contribution is 2.22. The number of hydrogen-bond acceptors (Lipinski definition) is 4. The molecule has 0 saturated carbocycles. The lowest BCUT2D eigenvalue weighted by molar-refractivity contribution is 0.0602. The molecule has 6 heteroatoms. The molecule has 1 N–H and O–H groups in total. The molecule has 1 aromatic carbocycles. The molecule has 0 fully saturated rings. The normalized spacial score (nSPS) is 9.90. The summed E-state index contributed by atoms with van der Waals surface area (Å²) in [4.78, 5) is 27.7. The summed E-state index contributed by atoms with van der Waals surface area (Å²) in [5.41, 5.74) is 0.910. The summed E-state index contributed by atoms with van der Waals surface area (Å²) < 4.78 is 5.41. The molecule has 2 aromatic rings. The van der Waals surface area contributed by atoms with Crippen LogP contribution in [0.1, 0.15) is 20.8 Å². The second-order valence-corrected chi connectivity index (χ2v) is 4.77. The molecule has 5 nitrogen and oxygen atoms in total. The predicted octanol–water partition coefficient (Wildman–Crippen LogP) is 2.88. The number of nitrogens with one attached hydrogen (secondary N) is 1. The Bertz CT molecular complexity index is 644. The molecule has 1 amide bonds. The maximum Gasteiger partial charge on any atom is 0.340 e. The molecule has 20 heavy (non-hydrogen) atoms. The number of carbonyl (C=O) groups is 2. The van der Waals surface area contributed by atoms with E-state index in [2.05, 4.69) is 26.2 Å². The van der Waals surface area contributed by atoms with E-state index in [0.29, 0.717) is 10.2 Å². The van der Waals surface area contributed by atoms with Gasteiger partial charge in [0.05, 0.1) is 18.4 Å². The van der Waals surface area contributed by atoms with Crippen molar-refractivity contribution in [1.82, 2.24) is 4.98 Å². The van der Waals surface area contributed by atoms with Crippen molar-refractivity contribution in [3.63, 3.8) is 0 Å². The fourth-order valence-corrected chi connectivity index (χ4v) is 1.95. The minimum absolute atomic E-state index is 0.270. The molecule has 102 valence electrons. The number of rotatable bonds is 3. The van der Waals surface area contributed by atoms with E-state index < -0.39 is 11.9 Å². The Balaban J connectivity index is 2.30. The molecule has 0 aliphatic rings. The number of aromatic nitrogens is 1. The Kier molecular flexibility index (Phi) is 4.47. The molecule has 0 unspecified atom stereocenters. The second-order valence-electron chi connectivity index (χ2n) is 3.85. The van der Waals surface area contributed by atoms with Crippen LogP contribution in [0.25, 0.3) is 0 Å². The van der Waals surface area contributed by atoms with Crippen molar-refractivity contribution in [2.24, 2.45) is 0 Å². The van der Waals surface area contributed by atoms with E-state index in [0.717, 1.165) is 0 Å². The van der Waals surface area contributed by atoms with E-state index >= 15 is 0 Å². The lowest BCUT2D eigenvalue weighted by Gasteiger charge is -2.09. The largest absolute Gasteiger partial charge is 0.465 e. The maximum atomic E-state index is 12.0. The molecule has 1 heterocycles. The third-order valence-electron chi connectivity index (χ3n) is 2.53. The molecule has 0 saturated heterocycles. The Morgan fingerprint density at radius 3 is 2.70 bits per heavy atom. The summed E-state index contributed by atoms with van der Waals surface area (Å²) in [6.07, 6.45) is 1.53. The summed E-state index contributed by atoms with van der Waals surface area (Å²) in [5.74, 6) is -0.916. The van der Waals surface area contributed by atoms with Crippen LogP contribution in [0.15, 0.2) is 47.1 Å². The Morgan fingerprint density at radius 2 is 2.05 bits per heavy atom. The molecule has 0 radical (unpaired) electrons. The first kappa shape index (κ1) is 14.2. The van der Waals surface area contributed by atoms with Crippen molar-refractivity contribution in [1.29, 1.82) is 0 Å². The standard InChI is InChI=1S/C14H11BrN2O3/c1-20-14(19)10-8-9(15)5-6-11(10)17-13(18)12-4-2-3-7-16-12/h2-8H,1H3,(H,17,18). The van der Waals surface area contributed by atoms with Crippen molar-refractivity contribution in [2.75, 3.05) is 12.4 Å². The van der Waals surface area contributed by atoms with Gasteiger partial charge in [0.1, 0.15) is 5.69 Å². The van der Waals surface area contributed by atoms with E-state index in [9.17, 15) is 9.59 Å². The molecule has 0 aliphatic heterocycles. The number of amides is 1. The third-order valence-corrected chi connectivity index (χ3v) is 3.03. The van der Waals surface area contributed by atoms with Crippen LogP contribution in [0.3, 0.4) is 0 Å². The van der Waals surface area contributed by atoms with Gasteiger partial charge in [0.2, 0.25) is 0 Å². The van der Waals surface area contributed by atoms with E-state index in [1.54, 1.807) is 36.4 Å². The number of anilines is 1. The number of nitrogens with zero attached hydrogens (tertiary/aromatic N) is 1. The van der Waals surface area contributed by atoms with Gasteiger partial charge in [0, 0.05) is 10.7 Å². The Morgan fingerprint density at radius 1 is 1.25 bits per heavy atom. The van der Waals surface area contributed by atoms with Gasteiger partial charge >= 0.3 is 5.97 Å². The Hall–Kier alpha value is -2.21. The molecule has 1 aromatic heterocycles. The van der Waals surface area contributed by atoms with Crippen LogP contribution in [0.5, 0.6) is 0 Å². The maximum absolute atomic E-state index is 12.0. The molecule has 0 spiro atoms. The summed E-state index contributed by atoms with van der Waals surface area (Å²) in [6, 6.07) is 9.95. The van der Waals surface area contributed by atoms with Crippen molar-refractivity contribution < 1.29 is 14.3 Å². The zero-order chi connectivity index (χ0) is 14.5. The van der Waals surface area contributed by atoms with Gasteiger partial charge in [0.25, 0.3) is 5.91 Å². The van der Waals surface area contributed by atoms with Crippen molar-refractivity contribution in [3.05, 3.63) is 58.3 Å². The van der Waals surface area contributed by atoms with Gasteiger partial charge in [-0.25, -0.2) is 4.79 Å². The monoisotopic (exact) mass is 334 g/mol. The highest BCUT2D eigenvalue weighted by atomic mass is 79.9. The molecular formula is C14H11BrN2O3. The third kappa shape index (κ3) is 3.21. The zero-order valence-electron chi connectivity index (χ0n) is 10.6. The molecule has 0 atom stereocenters. The minimum atomic E-state index is -0.525. The summed E-state index contributed by atoms with van der Waals surface area (Å²) in [7, 11) is 1.29. The SMILES string of the molecule is COC(=O)c1cc(Br)ccc1NC(=O)c1ccccn1. The second kappa shape index (κ2) is 6.29. The Labute approximate surface area is 124 Å². The zero-order valence-corrected chi connectivity index (χ0v) is 12.2. The van der Waals surface area contributed by atoms with Gasteiger partial charge in [0.15, 0.2) is 0 Å². The van der Waals surface area contributed by atoms with E-state index in [4.69, 9.17) is 4.74 Å². The first-order chi connectivity index (χ1) is 9.61. The first-order valence-corrected chi connectivity index (χ1v) is 6.51. The molecule has 2 rings (SSSR count). The fraction of sp³-hybridized carbons (Fsp3) is 0.0714. The van der Waals surface area contributed by atoms with E-state index in [1.165, 1.54) is 13.3 Å². The van der Waals surface area contributed by atoms with Crippen LogP contribution < -0.4 is 5.32 Å². The summed E-state index contributed by atoms with van der Waals surface area (Å²) >= 11 is 3.27. The number of pyridine rings is 1. The van der Waals surface area contributed by atoms with Crippen molar-refractivity contribution >= 4 is 33.5 Å². The molecular weight excluding hydrogens is 324 g/mol. The lowest BCUT2D eigenvalue weighted by Crippen LogP contribution is -2.16. The number of benzene rings is 1. The average molecular weight is 335 g/mol. The number of hydrogen-bond donors (Lipinski definition) is 1. The van der Waals surface area contributed by atoms with Gasteiger partial charge in [-0.2, -0.15) is 0 Å². The van der Waals surface area contributed by atoms with Gasteiger partial charge in [-0.05, 0) is 30.3 Å². The van der Waals surface area contributed by atoms with Crippen LogP contribution in [-0.2, 0) is 4.74 Å². The van der Waals surface area contributed by atoms with Crippen LogP contribution >= 0.6 is 15.9 Å². The van der Waals surface area contributed by atoms with Crippen LogP contribution in [0.2, 0.25) is 0 Å². The van der Waals surface area contributed by atoms with E-state index in [-0.39, 0.29) is 11.3 Å². The summed E-state index contributed by atoms with van der Waals surface area (Å²) in [5, 5.41) is 2.65. The number of ether oxygens (including phenoxy) is 1. The van der Waals surface area contributed by atoms with Crippen molar-refractivity contribution in [2.45, 2.75) is 0 Å². The highest BCUT2D eigenvalue weighted by Gasteiger charge is 2.15. The van der Waals surface area contributed by atoms with E-state index in [1.807, 2.05) is 0 Å². The van der Waals surface area contributed by atoms with Crippen LogP contribution in [-0.4, -0.2) is 24.0 Å². The van der Waals surface area contributed by atoms with Crippen molar-refractivity contribution in [3.8, 4) is 0 Å². The van der Waals surface area contributed by atoms with Gasteiger partial charge < -0.3 is 10.1 Å². The highest BCUT2D eigenvalue weighted by molar-refractivity contribution is 9.10. The minimum Gasteiger partial charge on any atom is -0.465 e. The van der Waals surface area contributed by atoms with Gasteiger partial charge in [-0.3, -0.25) is 9.78 Å². The molecule has 0 aliphatic carbocycles. The number of halogens is 1. The van der Waals surface area contributed by atoms with Crippen LogP contribution in [0, 0.1) is 0 Å². The lowest BCUT2D eigenvalue weighted by atomic mass is 10.1. The number of esters is 1. The average Bonchev–Trinajstić information content (AvgIpc) is 2.49. The fourth-order valence-electron chi connectivity index (χ4n) is 1.59. The van der Waals surface area contributed by atoms with Gasteiger partial charge in [-0.15, -0.1) is 0 Å². The smallest absolute Gasteiger partial charge is 0.340 e. The summed E-state index contributed by atoms with van der Waals surface area (Å²) in [6.45, 7) is 0. The van der Waals surface area contributed by atoms with Crippen LogP contribution in [0.4, 0.5) is 5.69 Å². The van der Waals surface area contributed by atoms with Gasteiger partial charge in [-0.1, -0.05) is 22.0 Å².